The predicted molar refractivity (Wildman–Crippen MR) is 53.3 cm³/mol. The fourth-order valence-electron chi connectivity index (χ4n) is 1.78. The van der Waals surface area contributed by atoms with E-state index in [1.807, 2.05) is 25.2 Å². The molecular formula is C12H12O. The summed E-state index contributed by atoms with van der Waals surface area (Å²) in [6.45, 7) is 2.01. The minimum absolute atomic E-state index is 0.165. The number of hydrogen-bond acceptors (Lipinski definition) is 1. The van der Waals surface area contributed by atoms with E-state index in [0.717, 1.165) is 18.4 Å². The number of rotatable bonds is 0. The summed E-state index contributed by atoms with van der Waals surface area (Å²) in [5.41, 5.74) is 3.33. The van der Waals surface area contributed by atoms with E-state index in [0.29, 0.717) is 0 Å². The second-order valence-corrected chi connectivity index (χ2v) is 3.54. The Labute approximate surface area is 78.1 Å². The zero-order valence-electron chi connectivity index (χ0n) is 7.71. The number of hydrogen-bond donors (Lipinski definition) is 0. The molecule has 0 amide bonds. The third kappa shape index (κ3) is 1.55. The highest BCUT2D eigenvalue weighted by Gasteiger charge is 2.16. The number of carbonyl (C=O) groups is 1. The van der Waals surface area contributed by atoms with Gasteiger partial charge in [0.15, 0.2) is 5.78 Å². The monoisotopic (exact) mass is 172 g/mol. The molecule has 0 aromatic rings. The lowest BCUT2D eigenvalue weighted by Crippen LogP contribution is -2.07. The quantitative estimate of drug-likeness (QED) is 0.549. The second-order valence-electron chi connectivity index (χ2n) is 3.54. The maximum absolute atomic E-state index is 11.6. The lowest BCUT2D eigenvalue weighted by Gasteiger charge is -2.14. The van der Waals surface area contributed by atoms with Crippen LogP contribution in [0.5, 0.6) is 0 Å². The largest absolute Gasteiger partial charge is 0.289 e. The maximum atomic E-state index is 11.6. The van der Waals surface area contributed by atoms with Crippen molar-refractivity contribution in [3.05, 3.63) is 47.1 Å². The standard InChI is InChI=1S/C12H12O/c1-9-7-10-5-3-2-4-6-11(10)12(13)8-9/h2-4,6,8H,5,7H2,1H3. The summed E-state index contributed by atoms with van der Waals surface area (Å²) in [7, 11) is 0. The molecular weight excluding hydrogens is 160 g/mol. The SMILES string of the molecule is CC1=CC(=O)C2=C(CC=CC=C2)C1. The van der Waals surface area contributed by atoms with Crippen molar-refractivity contribution in [3.63, 3.8) is 0 Å². The van der Waals surface area contributed by atoms with Gasteiger partial charge in [0.05, 0.1) is 0 Å². The molecule has 0 aliphatic heterocycles. The first-order valence-electron chi connectivity index (χ1n) is 4.54. The zero-order valence-corrected chi connectivity index (χ0v) is 7.71. The highest BCUT2D eigenvalue weighted by Crippen LogP contribution is 2.27. The summed E-state index contributed by atoms with van der Waals surface area (Å²) >= 11 is 0. The van der Waals surface area contributed by atoms with Crippen molar-refractivity contribution in [2.75, 3.05) is 0 Å². The average molecular weight is 172 g/mol. The summed E-state index contributed by atoms with van der Waals surface area (Å²) in [5.74, 6) is 0.165. The van der Waals surface area contributed by atoms with Crippen molar-refractivity contribution < 1.29 is 4.79 Å². The molecule has 66 valence electrons. The van der Waals surface area contributed by atoms with Gasteiger partial charge < -0.3 is 0 Å². The fraction of sp³-hybridized carbons (Fsp3) is 0.250. The number of ketones is 1. The molecule has 0 aromatic carbocycles. The predicted octanol–water partition coefficient (Wildman–Crippen LogP) is 2.72. The van der Waals surface area contributed by atoms with Gasteiger partial charge in [0.2, 0.25) is 0 Å². The molecule has 2 aliphatic rings. The van der Waals surface area contributed by atoms with E-state index in [1.165, 1.54) is 11.1 Å². The minimum atomic E-state index is 0.165. The van der Waals surface area contributed by atoms with Crippen LogP contribution in [0.1, 0.15) is 19.8 Å². The van der Waals surface area contributed by atoms with Crippen molar-refractivity contribution in [2.45, 2.75) is 19.8 Å². The first kappa shape index (κ1) is 8.24. The molecule has 0 atom stereocenters. The van der Waals surface area contributed by atoms with Crippen molar-refractivity contribution >= 4 is 5.78 Å². The van der Waals surface area contributed by atoms with Gasteiger partial charge in [-0.25, -0.2) is 0 Å². The van der Waals surface area contributed by atoms with Gasteiger partial charge in [0.1, 0.15) is 0 Å². The smallest absolute Gasteiger partial charge is 0.185 e. The summed E-state index contributed by atoms with van der Waals surface area (Å²) in [6.07, 6.45) is 11.6. The Hall–Kier alpha value is -1.37. The van der Waals surface area contributed by atoms with E-state index in [1.54, 1.807) is 6.08 Å². The Morgan fingerprint density at radius 3 is 3.00 bits per heavy atom. The topological polar surface area (TPSA) is 17.1 Å². The summed E-state index contributed by atoms with van der Waals surface area (Å²) in [6, 6.07) is 0. The van der Waals surface area contributed by atoms with Crippen LogP contribution in [0.25, 0.3) is 0 Å². The van der Waals surface area contributed by atoms with E-state index < -0.39 is 0 Å². The molecule has 0 saturated carbocycles. The van der Waals surface area contributed by atoms with Gasteiger partial charge in [0.25, 0.3) is 0 Å². The molecule has 0 heterocycles. The Balaban J connectivity index is 2.40. The fourth-order valence-corrected chi connectivity index (χ4v) is 1.78. The molecule has 0 fully saturated rings. The first-order chi connectivity index (χ1) is 6.27. The van der Waals surface area contributed by atoms with Gasteiger partial charge >= 0.3 is 0 Å². The Morgan fingerprint density at radius 1 is 1.31 bits per heavy atom. The molecule has 0 radical (unpaired) electrons. The van der Waals surface area contributed by atoms with Crippen LogP contribution in [-0.2, 0) is 4.79 Å². The van der Waals surface area contributed by atoms with Gasteiger partial charge in [0, 0.05) is 5.57 Å². The van der Waals surface area contributed by atoms with Crippen LogP contribution in [0.3, 0.4) is 0 Å². The first-order valence-corrected chi connectivity index (χ1v) is 4.54. The van der Waals surface area contributed by atoms with E-state index in [9.17, 15) is 4.79 Å². The van der Waals surface area contributed by atoms with Crippen molar-refractivity contribution in [1.29, 1.82) is 0 Å². The van der Waals surface area contributed by atoms with Crippen molar-refractivity contribution in [2.24, 2.45) is 0 Å². The zero-order chi connectivity index (χ0) is 9.26. The second kappa shape index (κ2) is 3.17. The molecule has 1 nitrogen and oxygen atoms in total. The van der Waals surface area contributed by atoms with Gasteiger partial charge in [-0.1, -0.05) is 35.5 Å². The van der Waals surface area contributed by atoms with E-state index in [-0.39, 0.29) is 5.78 Å². The van der Waals surface area contributed by atoms with Crippen molar-refractivity contribution in [1.82, 2.24) is 0 Å². The van der Waals surface area contributed by atoms with Crippen LogP contribution in [0, 0.1) is 0 Å². The molecule has 0 N–H and O–H groups in total. The van der Waals surface area contributed by atoms with Gasteiger partial charge in [-0.2, -0.15) is 0 Å². The lowest BCUT2D eigenvalue weighted by molar-refractivity contribution is -0.111. The van der Waals surface area contributed by atoms with Crippen LogP contribution in [0.4, 0.5) is 0 Å². The summed E-state index contributed by atoms with van der Waals surface area (Å²) in [5, 5.41) is 0. The molecule has 1 heteroatoms. The molecule has 2 rings (SSSR count). The molecule has 0 spiro atoms. The normalized spacial score (nSPS) is 21.3. The number of allylic oxidation sites excluding steroid dienone is 8. The minimum Gasteiger partial charge on any atom is -0.289 e. The Kier molecular flexibility index (Phi) is 2.01. The summed E-state index contributed by atoms with van der Waals surface area (Å²) in [4.78, 5) is 11.6. The molecule has 13 heavy (non-hydrogen) atoms. The van der Waals surface area contributed by atoms with Crippen LogP contribution >= 0.6 is 0 Å². The van der Waals surface area contributed by atoms with Crippen LogP contribution in [-0.4, -0.2) is 5.78 Å². The van der Waals surface area contributed by atoms with Gasteiger partial charge in [-0.05, 0) is 25.8 Å². The number of carbonyl (C=O) groups excluding carboxylic acids is 1. The highest BCUT2D eigenvalue weighted by atomic mass is 16.1. The van der Waals surface area contributed by atoms with Gasteiger partial charge in [-0.3, -0.25) is 4.79 Å². The third-order valence-corrected chi connectivity index (χ3v) is 2.39. The molecule has 0 saturated heterocycles. The molecule has 0 unspecified atom stereocenters. The van der Waals surface area contributed by atoms with E-state index >= 15 is 0 Å². The molecule has 2 aliphatic carbocycles. The Morgan fingerprint density at radius 2 is 2.15 bits per heavy atom. The van der Waals surface area contributed by atoms with Crippen LogP contribution in [0.2, 0.25) is 0 Å². The highest BCUT2D eigenvalue weighted by molar-refractivity contribution is 6.08. The van der Waals surface area contributed by atoms with Crippen LogP contribution < -0.4 is 0 Å². The van der Waals surface area contributed by atoms with E-state index in [2.05, 4.69) is 6.08 Å². The van der Waals surface area contributed by atoms with E-state index in [4.69, 9.17) is 0 Å². The maximum Gasteiger partial charge on any atom is 0.185 e. The Bertz CT molecular complexity index is 365. The summed E-state index contributed by atoms with van der Waals surface area (Å²) < 4.78 is 0. The molecule has 0 bridgehead atoms. The third-order valence-electron chi connectivity index (χ3n) is 2.39. The van der Waals surface area contributed by atoms with Gasteiger partial charge in [-0.15, -0.1) is 0 Å². The molecule has 0 aromatic heterocycles. The average Bonchev–Trinajstić information content (AvgIpc) is 2.28. The lowest BCUT2D eigenvalue weighted by atomic mass is 9.90. The van der Waals surface area contributed by atoms with Crippen LogP contribution in [0.15, 0.2) is 47.1 Å². The van der Waals surface area contributed by atoms with Crippen molar-refractivity contribution in [3.8, 4) is 0 Å².